The molecule has 29 heavy (non-hydrogen) atoms. The molecule has 12 nitrogen and oxygen atoms in total. The molecule has 0 unspecified atom stereocenters. The van der Waals surface area contributed by atoms with Crippen LogP contribution in [0, 0.1) is 27.2 Å². The second kappa shape index (κ2) is 7.95. The predicted molar refractivity (Wildman–Crippen MR) is 103 cm³/mol. The van der Waals surface area contributed by atoms with Gasteiger partial charge in [-0.3, -0.25) is 25.0 Å². The maximum atomic E-state index is 12.6. The molecule has 1 aromatic carbocycles. The normalized spacial score (nSPS) is 14.4. The van der Waals surface area contributed by atoms with Crippen molar-refractivity contribution in [2.75, 3.05) is 22.7 Å². The van der Waals surface area contributed by atoms with Crippen LogP contribution < -0.4 is 9.62 Å². The van der Waals surface area contributed by atoms with E-state index in [0.717, 1.165) is 44.5 Å². The van der Waals surface area contributed by atoms with Crippen LogP contribution in [0.15, 0.2) is 29.4 Å². The third-order valence-corrected chi connectivity index (χ3v) is 5.92. The number of hydrogen-bond donors (Lipinski definition) is 1. The monoisotopic (exact) mass is 422 g/mol. The summed E-state index contributed by atoms with van der Waals surface area (Å²) in [6.45, 7) is 2.83. The minimum atomic E-state index is -4.33. The number of aromatic nitrogens is 2. The Hall–Kier alpha value is -3.35. The van der Waals surface area contributed by atoms with Crippen molar-refractivity contribution in [1.29, 1.82) is 0 Å². The average molecular weight is 422 g/mol. The van der Waals surface area contributed by atoms with Crippen molar-refractivity contribution in [1.82, 2.24) is 9.97 Å². The first-order valence-electron chi connectivity index (χ1n) is 8.72. The Morgan fingerprint density at radius 3 is 2.00 bits per heavy atom. The molecule has 1 N–H and O–H groups in total. The predicted octanol–water partition coefficient (Wildman–Crippen LogP) is 2.39. The van der Waals surface area contributed by atoms with E-state index in [1.807, 2.05) is 4.90 Å². The van der Waals surface area contributed by atoms with Gasteiger partial charge in [0.15, 0.2) is 0 Å². The molecule has 0 atom stereocenters. The van der Waals surface area contributed by atoms with Gasteiger partial charge >= 0.3 is 0 Å². The number of anilines is 2. The Kier molecular flexibility index (Phi) is 5.59. The third kappa shape index (κ3) is 4.39. The van der Waals surface area contributed by atoms with Gasteiger partial charge in [-0.25, -0.2) is 18.4 Å². The quantitative estimate of drug-likeness (QED) is 0.544. The van der Waals surface area contributed by atoms with E-state index in [0.29, 0.717) is 5.95 Å². The maximum absolute atomic E-state index is 12.6. The summed E-state index contributed by atoms with van der Waals surface area (Å²) in [4.78, 5) is 30.3. The van der Waals surface area contributed by atoms with Crippen LogP contribution in [0.2, 0.25) is 0 Å². The summed E-state index contributed by atoms with van der Waals surface area (Å²) >= 11 is 0. The van der Waals surface area contributed by atoms with Crippen molar-refractivity contribution in [3.63, 3.8) is 0 Å². The lowest BCUT2D eigenvalue weighted by Gasteiger charge is -2.26. The fourth-order valence-corrected chi connectivity index (χ4v) is 4.11. The van der Waals surface area contributed by atoms with E-state index in [2.05, 4.69) is 14.7 Å². The van der Waals surface area contributed by atoms with E-state index in [-0.39, 0.29) is 11.3 Å². The smallest absolute Gasteiger partial charge is 0.280 e. The summed E-state index contributed by atoms with van der Waals surface area (Å²) in [5, 5.41) is 22.3. The second-order valence-electron chi connectivity index (χ2n) is 6.53. The Bertz CT molecular complexity index is 1020. The zero-order valence-electron chi connectivity index (χ0n) is 15.4. The first kappa shape index (κ1) is 20.4. The van der Waals surface area contributed by atoms with E-state index in [1.54, 1.807) is 0 Å². The van der Waals surface area contributed by atoms with Crippen molar-refractivity contribution in [2.24, 2.45) is 0 Å². The minimum absolute atomic E-state index is 0.0386. The van der Waals surface area contributed by atoms with Crippen molar-refractivity contribution in [2.45, 2.75) is 31.1 Å². The second-order valence-corrected chi connectivity index (χ2v) is 8.21. The van der Waals surface area contributed by atoms with Crippen LogP contribution in [0.4, 0.5) is 23.0 Å². The minimum Gasteiger partial charge on any atom is -0.341 e. The highest BCUT2D eigenvalue weighted by Crippen LogP contribution is 2.32. The highest BCUT2D eigenvalue weighted by molar-refractivity contribution is 7.92. The fraction of sp³-hybridized carbons (Fsp3) is 0.375. The number of benzene rings is 1. The molecule has 1 fully saturated rings. The zero-order chi connectivity index (χ0) is 21.2. The van der Waals surface area contributed by atoms with Crippen LogP contribution in [-0.2, 0) is 10.0 Å². The first-order chi connectivity index (χ1) is 13.7. The molecule has 0 saturated carbocycles. The van der Waals surface area contributed by atoms with Crippen LogP contribution in [0.3, 0.4) is 0 Å². The van der Waals surface area contributed by atoms with E-state index < -0.39 is 36.1 Å². The van der Waals surface area contributed by atoms with Crippen LogP contribution in [0.5, 0.6) is 0 Å². The summed E-state index contributed by atoms with van der Waals surface area (Å²) in [5.74, 6) is 0.481. The number of rotatable bonds is 6. The molecular formula is C16H18N6O6S. The van der Waals surface area contributed by atoms with E-state index in [9.17, 15) is 28.6 Å². The number of nitrogens with zero attached hydrogens (tertiary/aromatic N) is 5. The summed E-state index contributed by atoms with van der Waals surface area (Å²) in [5.41, 5.74) is -1.50. The molecular weight excluding hydrogens is 404 g/mol. The van der Waals surface area contributed by atoms with Crippen LogP contribution in [0.25, 0.3) is 0 Å². The Balaban J connectivity index is 1.89. The Morgan fingerprint density at radius 1 is 1.00 bits per heavy atom. The Labute approximate surface area is 165 Å². The molecule has 13 heteroatoms. The molecule has 3 rings (SSSR count). The average Bonchev–Trinajstić information content (AvgIpc) is 2.68. The van der Waals surface area contributed by atoms with Crippen molar-refractivity contribution < 1.29 is 18.3 Å². The molecule has 1 aliphatic rings. The first-order valence-corrected chi connectivity index (χ1v) is 10.2. The molecule has 0 radical (unpaired) electrons. The van der Waals surface area contributed by atoms with E-state index in [4.69, 9.17) is 0 Å². The SMILES string of the molecule is Cc1c([N+](=O)[O-])cc(S(=O)(=O)Nc2cnc(N3CCCCC3)nc2)cc1[N+](=O)[O-]. The fourth-order valence-electron chi connectivity index (χ4n) is 3.04. The van der Waals surface area contributed by atoms with Crippen LogP contribution in [0.1, 0.15) is 24.8 Å². The standard InChI is InChI=1S/C16H18N6O6S/c1-11-14(21(23)24)7-13(8-15(11)22(25)26)29(27,28)19-12-9-17-16(18-10-12)20-5-3-2-4-6-20/h7-10,19H,2-6H2,1H3. The summed E-state index contributed by atoms with van der Waals surface area (Å²) < 4.78 is 27.5. The number of hydrogen-bond acceptors (Lipinski definition) is 9. The highest BCUT2D eigenvalue weighted by Gasteiger charge is 2.28. The highest BCUT2D eigenvalue weighted by atomic mass is 32.2. The molecule has 0 amide bonds. The molecule has 154 valence electrons. The molecule has 2 aromatic rings. The lowest BCUT2D eigenvalue weighted by atomic mass is 10.1. The van der Waals surface area contributed by atoms with Gasteiger partial charge in [0, 0.05) is 25.2 Å². The van der Waals surface area contributed by atoms with Gasteiger partial charge in [0.05, 0.1) is 27.9 Å². The Morgan fingerprint density at radius 2 is 1.52 bits per heavy atom. The maximum Gasteiger partial charge on any atom is 0.280 e. The van der Waals surface area contributed by atoms with Gasteiger partial charge in [-0.05, 0) is 26.2 Å². The molecule has 1 saturated heterocycles. The van der Waals surface area contributed by atoms with Crippen LogP contribution in [-0.4, -0.2) is 41.3 Å². The van der Waals surface area contributed by atoms with Gasteiger partial charge in [-0.1, -0.05) is 0 Å². The number of nitro groups is 2. The molecule has 0 aliphatic carbocycles. The molecule has 2 heterocycles. The summed E-state index contributed by atoms with van der Waals surface area (Å²) in [6, 6.07) is 1.57. The van der Waals surface area contributed by atoms with Crippen LogP contribution >= 0.6 is 0 Å². The van der Waals surface area contributed by atoms with Crippen molar-refractivity contribution in [3.05, 3.63) is 50.3 Å². The van der Waals surface area contributed by atoms with Gasteiger partial charge < -0.3 is 4.90 Å². The largest absolute Gasteiger partial charge is 0.341 e. The molecule has 1 aliphatic heterocycles. The lowest BCUT2D eigenvalue weighted by molar-refractivity contribution is -0.395. The van der Waals surface area contributed by atoms with Gasteiger partial charge in [0.1, 0.15) is 10.5 Å². The van der Waals surface area contributed by atoms with Gasteiger partial charge in [0.25, 0.3) is 21.4 Å². The van der Waals surface area contributed by atoms with E-state index >= 15 is 0 Å². The topological polar surface area (TPSA) is 161 Å². The van der Waals surface area contributed by atoms with Gasteiger partial charge in [-0.2, -0.15) is 0 Å². The summed E-state index contributed by atoms with van der Waals surface area (Å²) in [6.07, 6.45) is 5.77. The van der Waals surface area contributed by atoms with Gasteiger partial charge in [-0.15, -0.1) is 0 Å². The summed E-state index contributed by atoms with van der Waals surface area (Å²) in [7, 11) is -4.33. The van der Waals surface area contributed by atoms with Gasteiger partial charge in [0.2, 0.25) is 5.95 Å². The van der Waals surface area contributed by atoms with Crippen molar-refractivity contribution >= 4 is 33.0 Å². The molecule has 0 bridgehead atoms. The number of sulfonamides is 1. The number of nitrogens with one attached hydrogen (secondary N) is 1. The molecule has 0 spiro atoms. The van der Waals surface area contributed by atoms with E-state index in [1.165, 1.54) is 19.3 Å². The number of nitro benzene ring substituents is 2. The molecule has 1 aromatic heterocycles. The third-order valence-electron chi connectivity index (χ3n) is 4.56. The zero-order valence-corrected chi connectivity index (χ0v) is 16.3. The lowest BCUT2D eigenvalue weighted by Crippen LogP contribution is -2.30. The number of piperidine rings is 1. The van der Waals surface area contributed by atoms with Crippen molar-refractivity contribution in [3.8, 4) is 0 Å².